The van der Waals surface area contributed by atoms with Crippen molar-refractivity contribution < 1.29 is 14.6 Å². The van der Waals surface area contributed by atoms with E-state index in [0.717, 1.165) is 5.56 Å². The molecule has 0 radical (unpaired) electrons. The van der Waals surface area contributed by atoms with Gasteiger partial charge in [0.05, 0.1) is 0 Å². The summed E-state index contributed by atoms with van der Waals surface area (Å²) in [7, 11) is 0. The Hall–Kier alpha value is -1.71. The third kappa shape index (κ3) is 3.63. The normalized spacial score (nSPS) is 10.2. The van der Waals surface area contributed by atoms with Crippen molar-refractivity contribution in [1.82, 2.24) is 0 Å². The van der Waals surface area contributed by atoms with Crippen LogP contribution in [0, 0.1) is 0 Å². The fourth-order valence-electron chi connectivity index (χ4n) is 1.53. The zero-order valence-corrected chi connectivity index (χ0v) is 11.3. The molecule has 0 saturated heterocycles. The largest absolute Gasteiger partial charge is 0.488 e. The van der Waals surface area contributed by atoms with Crippen molar-refractivity contribution in [3.05, 3.63) is 63.6 Å². The van der Waals surface area contributed by atoms with Crippen molar-refractivity contribution in [2.45, 2.75) is 6.61 Å². The number of carboxylic acid groups (broad SMARTS) is 1. The maximum Gasteiger partial charge on any atom is 0.339 e. The van der Waals surface area contributed by atoms with Crippen LogP contribution in [-0.4, -0.2) is 11.1 Å². The minimum atomic E-state index is -1.05. The number of hydrogen-bond acceptors (Lipinski definition) is 2. The lowest BCUT2D eigenvalue weighted by molar-refractivity contribution is 0.0692. The minimum absolute atomic E-state index is 0.0818. The first-order chi connectivity index (χ1) is 9.06. The summed E-state index contributed by atoms with van der Waals surface area (Å²) in [6.45, 7) is 0.248. The van der Waals surface area contributed by atoms with Gasteiger partial charge in [0.2, 0.25) is 0 Å². The van der Waals surface area contributed by atoms with Crippen LogP contribution in [-0.2, 0) is 6.61 Å². The van der Waals surface area contributed by atoms with Crippen LogP contribution in [0.15, 0.2) is 42.5 Å². The van der Waals surface area contributed by atoms with Crippen molar-refractivity contribution >= 4 is 29.2 Å². The molecule has 0 amide bonds. The van der Waals surface area contributed by atoms with E-state index < -0.39 is 5.97 Å². The van der Waals surface area contributed by atoms with E-state index in [0.29, 0.717) is 10.0 Å². The van der Waals surface area contributed by atoms with Crippen molar-refractivity contribution in [3.8, 4) is 5.75 Å². The SMILES string of the molecule is O=C(O)c1ccc(Cl)cc1OCc1ccc(Cl)cc1. The van der Waals surface area contributed by atoms with Crippen LogP contribution in [0.5, 0.6) is 5.75 Å². The number of hydrogen-bond donors (Lipinski definition) is 1. The van der Waals surface area contributed by atoms with Gasteiger partial charge in [-0.3, -0.25) is 0 Å². The molecule has 0 fully saturated rings. The molecular formula is C14H10Cl2O3. The molecule has 3 nitrogen and oxygen atoms in total. The molecule has 1 N–H and O–H groups in total. The molecule has 0 aliphatic heterocycles. The fourth-order valence-corrected chi connectivity index (χ4v) is 1.82. The summed E-state index contributed by atoms with van der Waals surface area (Å²) >= 11 is 11.6. The van der Waals surface area contributed by atoms with Gasteiger partial charge in [0.25, 0.3) is 0 Å². The van der Waals surface area contributed by atoms with E-state index in [4.69, 9.17) is 33.0 Å². The Morgan fingerprint density at radius 3 is 2.32 bits per heavy atom. The van der Waals surface area contributed by atoms with Gasteiger partial charge in [0.1, 0.15) is 17.9 Å². The second kappa shape index (κ2) is 5.95. The first kappa shape index (κ1) is 13.7. The Balaban J connectivity index is 2.16. The van der Waals surface area contributed by atoms with E-state index >= 15 is 0 Å². The molecule has 0 aliphatic carbocycles. The van der Waals surface area contributed by atoms with Crippen molar-refractivity contribution in [2.24, 2.45) is 0 Å². The summed E-state index contributed by atoms with van der Waals surface area (Å²) in [6.07, 6.45) is 0. The summed E-state index contributed by atoms with van der Waals surface area (Å²) < 4.78 is 5.50. The predicted molar refractivity (Wildman–Crippen MR) is 74.2 cm³/mol. The summed E-state index contributed by atoms with van der Waals surface area (Å²) in [5.41, 5.74) is 0.971. The second-order valence-electron chi connectivity index (χ2n) is 3.86. The zero-order valence-electron chi connectivity index (χ0n) is 9.77. The van der Waals surface area contributed by atoms with Gasteiger partial charge in [-0.05, 0) is 35.9 Å². The third-order valence-corrected chi connectivity index (χ3v) is 2.97. The van der Waals surface area contributed by atoms with E-state index in [-0.39, 0.29) is 17.9 Å². The van der Waals surface area contributed by atoms with Gasteiger partial charge in [-0.25, -0.2) is 4.79 Å². The summed E-state index contributed by atoms with van der Waals surface area (Å²) in [4.78, 5) is 11.0. The van der Waals surface area contributed by atoms with Crippen LogP contribution in [0.1, 0.15) is 15.9 Å². The van der Waals surface area contributed by atoms with Crippen LogP contribution in [0.4, 0.5) is 0 Å². The second-order valence-corrected chi connectivity index (χ2v) is 4.73. The molecular weight excluding hydrogens is 287 g/mol. The predicted octanol–water partition coefficient (Wildman–Crippen LogP) is 4.27. The lowest BCUT2D eigenvalue weighted by atomic mass is 10.2. The lowest BCUT2D eigenvalue weighted by Gasteiger charge is -2.09. The highest BCUT2D eigenvalue weighted by Gasteiger charge is 2.11. The Morgan fingerprint density at radius 2 is 1.68 bits per heavy atom. The van der Waals surface area contributed by atoms with Crippen molar-refractivity contribution in [2.75, 3.05) is 0 Å². The number of aromatic carboxylic acids is 1. The lowest BCUT2D eigenvalue weighted by Crippen LogP contribution is -2.03. The molecule has 19 heavy (non-hydrogen) atoms. The number of carboxylic acids is 1. The van der Waals surface area contributed by atoms with Crippen molar-refractivity contribution in [1.29, 1.82) is 0 Å². The summed E-state index contributed by atoms with van der Waals surface area (Å²) in [5.74, 6) is -0.808. The molecule has 2 rings (SSSR count). The van der Waals surface area contributed by atoms with Crippen LogP contribution in [0.25, 0.3) is 0 Å². The van der Waals surface area contributed by atoms with Crippen LogP contribution < -0.4 is 4.74 Å². The number of carbonyl (C=O) groups is 1. The van der Waals surface area contributed by atoms with E-state index in [1.165, 1.54) is 18.2 Å². The minimum Gasteiger partial charge on any atom is -0.488 e. The molecule has 0 spiro atoms. The van der Waals surface area contributed by atoms with Gasteiger partial charge < -0.3 is 9.84 Å². The monoisotopic (exact) mass is 296 g/mol. The van der Waals surface area contributed by atoms with Gasteiger partial charge >= 0.3 is 5.97 Å². The van der Waals surface area contributed by atoms with Gasteiger partial charge in [-0.15, -0.1) is 0 Å². The molecule has 0 aliphatic rings. The molecule has 0 aromatic heterocycles. The quantitative estimate of drug-likeness (QED) is 0.916. The van der Waals surface area contributed by atoms with Gasteiger partial charge in [0.15, 0.2) is 0 Å². The van der Waals surface area contributed by atoms with Crippen LogP contribution in [0.2, 0.25) is 10.0 Å². The highest BCUT2D eigenvalue weighted by Crippen LogP contribution is 2.24. The maximum atomic E-state index is 11.0. The smallest absolute Gasteiger partial charge is 0.339 e. The van der Waals surface area contributed by atoms with E-state index in [1.807, 2.05) is 12.1 Å². The average Bonchev–Trinajstić information content (AvgIpc) is 2.38. The Bertz CT molecular complexity index is 594. The number of halogens is 2. The molecule has 5 heteroatoms. The molecule has 0 bridgehead atoms. The van der Waals surface area contributed by atoms with Gasteiger partial charge in [0, 0.05) is 10.0 Å². The van der Waals surface area contributed by atoms with Gasteiger partial charge in [-0.1, -0.05) is 35.3 Å². The molecule has 98 valence electrons. The first-order valence-electron chi connectivity index (χ1n) is 5.46. The summed E-state index contributed by atoms with van der Waals surface area (Å²) in [6, 6.07) is 11.5. The van der Waals surface area contributed by atoms with E-state index in [2.05, 4.69) is 0 Å². The topological polar surface area (TPSA) is 46.5 Å². The Morgan fingerprint density at radius 1 is 1.05 bits per heavy atom. The van der Waals surface area contributed by atoms with Gasteiger partial charge in [-0.2, -0.15) is 0 Å². The molecule has 0 heterocycles. The molecule has 0 atom stereocenters. The average molecular weight is 297 g/mol. The Labute approximate surface area is 120 Å². The fraction of sp³-hybridized carbons (Fsp3) is 0.0714. The maximum absolute atomic E-state index is 11.0. The molecule has 0 unspecified atom stereocenters. The zero-order chi connectivity index (χ0) is 13.8. The number of benzene rings is 2. The third-order valence-electron chi connectivity index (χ3n) is 2.48. The summed E-state index contributed by atoms with van der Waals surface area (Å²) in [5, 5.41) is 10.1. The van der Waals surface area contributed by atoms with E-state index in [9.17, 15) is 4.79 Å². The standard InChI is InChI=1S/C14H10Cl2O3/c15-10-3-1-9(2-4-10)8-19-13-7-11(16)5-6-12(13)14(17)18/h1-7H,8H2,(H,17,18). The Kier molecular flexibility index (Phi) is 4.30. The molecule has 2 aromatic carbocycles. The number of rotatable bonds is 4. The van der Waals surface area contributed by atoms with Crippen LogP contribution in [0.3, 0.4) is 0 Å². The molecule has 2 aromatic rings. The molecule has 0 saturated carbocycles. The van der Waals surface area contributed by atoms with Crippen molar-refractivity contribution in [3.63, 3.8) is 0 Å². The highest BCUT2D eigenvalue weighted by molar-refractivity contribution is 6.31. The first-order valence-corrected chi connectivity index (χ1v) is 6.22. The van der Waals surface area contributed by atoms with E-state index in [1.54, 1.807) is 12.1 Å². The number of ether oxygens (including phenoxy) is 1. The highest BCUT2D eigenvalue weighted by atomic mass is 35.5. The van der Waals surface area contributed by atoms with Crippen LogP contribution >= 0.6 is 23.2 Å².